The van der Waals surface area contributed by atoms with Gasteiger partial charge in [-0.15, -0.1) is 0 Å². The number of carbonyl (C=O) groups excluding carboxylic acids is 2. The molecule has 0 heterocycles. The summed E-state index contributed by atoms with van der Waals surface area (Å²) in [7, 11) is 0. The van der Waals surface area contributed by atoms with Crippen LogP contribution in [0.5, 0.6) is 0 Å². The second-order valence-corrected chi connectivity index (χ2v) is 5.00. The van der Waals surface area contributed by atoms with Crippen molar-refractivity contribution in [1.29, 1.82) is 0 Å². The van der Waals surface area contributed by atoms with Crippen LogP contribution < -0.4 is 0 Å². The first-order valence-electron chi connectivity index (χ1n) is 7.81. The van der Waals surface area contributed by atoms with Crippen LogP contribution in [0.15, 0.2) is 25.7 Å². The molecule has 120 valence electrons. The fourth-order valence-corrected chi connectivity index (χ4v) is 2.08. The normalized spacial score (nSPS) is 9.90. The van der Waals surface area contributed by atoms with E-state index >= 15 is 0 Å². The molecule has 0 aromatic rings. The quantitative estimate of drug-likeness (QED) is 0.266. The summed E-state index contributed by atoms with van der Waals surface area (Å²) in [5.41, 5.74) is 0. The van der Waals surface area contributed by atoms with E-state index in [1.807, 2.05) is 0 Å². The SMILES string of the molecule is C=COC(=O)CCCCCCCCCCCC(=O)OC=C. The number of hydrogen-bond acceptors (Lipinski definition) is 4. The van der Waals surface area contributed by atoms with Crippen molar-refractivity contribution in [3.63, 3.8) is 0 Å². The molecule has 0 saturated heterocycles. The van der Waals surface area contributed by atoms with Crippen LogP contribution in [0.3, 0.4) is 0 Å². The van der Waals surface area contributed by atoms with Crippen LogP contribution >= 0.6 is 0 Å². The van der Waals surface area contributed by atoms with Crippen molar-refractivity contribution < 1.29 is 19.1 Å². The molecule has 0 rings (SSSR count). The third-order valence-corrected chi connectivity index (χ3v) is 3.19. The second-order valence-electron chi connectivity index (χ2n) is 5.00. The maximum atomic E-state index is 11.0. The van der Waals surface area contributed by atoms with Crippen LogP contribution in [0.1, 0.15) is 70.6 Å². The first kappa shape index (κ1) is 19.4. The molecule has 0 fully saturated rings. The lowest BCUT2D eigenvalue weighted by Crippen LogP contribution is -1.98. The van der Waals surface area contributed by atoms with Crippen LogP contribution in [0.2, 0.25) is 0 Å². The van der Waals surface area contributed by atoms with Crippen molar-refractivity contribution in [2.75, 3.05) is 0 Å². The Labute approximate surface area is 128 Å². The summed E-state index contributed by atoms with van der Waals surface area (Å²) in [4.78, 5) is 22.1. The number of carbonyl (C=O) groups is 2. The fourth-order valence-electron chi connectivity index (χ4n) is 2.08. The Morgan fingerprint density at radius 1 is 0.619 bits per heavy atom. The monoisotopic (exact) mass is 296 g/mol. The average molecular weight is 296 g/mol. The van der Waals surface area contributed by atoms with Crippen molar-refractivity contribution in [1.82, 2.24) is 0 Å². The highest BCUT2D eigenvalue weighted by atomic mass is 16.5. The van der Waals surface area contributed by atoms with Gasteiger partial charge in [0, 0.05) is 12.8 Å². The van der Waals surface area contributed by atoms with E-state index in [4.69, 9.17) is 0 Å². The van der Waals surface area contributed by atoms with Crippen molar-refractivity contribution in [3.8, 4) is 0 Å². The van der Waals surface area contributed by atoms with Crippen molar-refractivity contribution >= 4 is 11.9 Å². The smallest absolute Gasteiger partial charge is 0.310 e. The summed E-state index contributed by atoms with van der Waals surface area (Å²) in [6, 6.07) is 0. The molecule has 0 aliphatic carbocycles. The van der Waals surface area contributed by atoms with Crippen LogP contribution in [0.4, 0.5) is 0 Å². The lowest BCUT2D eigenvalue weighted by molar-refractivity contribution is -0.139. The van der Waals surface area contributed by atoms with Gasteiger partial charge in [0.15, 0.2) is 0 Å². The third kappa shape index (κ3) is 14.6. The molecule has 0 aromatic carbocycles. The molecule has 4 nitrogen and oxygen atoms in total. The largest absolute Gasteiger partial charge is 0.435 e. The molecule has 0 radical (unpaired) electrons. The molecule has 0 amide bonds. The van der Waals surface area contributed by atoms with E-state index in [1.54, 1.807) is 0 Å². The standard InChI is InChI=1S/C17H28O4/c1-3-20-16(18)14-12-10-8-6-5-7-9-11-13-15-17(19)21-4-2/h3-4H,1-2,5-15H2. The average Bonchev–Trinajstić information content (AvgIpc) is 2.45. The zero-order valence-corrected chi connectivity index (χ0v) is 13.0. The summed E-state index contributed by atoms with van der Waals surface area (Å²) >= 11 is 0. The predicted octanol–water partition coefficient (Wildman–Crippen LogP) is 4.65. The second kappa shape index (κ2) is 14.8. The number of hydrogen-bond donors (Lipinski definition) is 0. The van der Waals surface area contributed by atoms with Gasteiger partial charge in [0.2, 0.25) is 0 Å². The van der Waals surface area contributed by atoms with Gasteiger partial charge in [-0.2, -0.15) is 0 Å². The van der Waals surface area contributed by atoms with Gasteiger partial charge in [0.05, 0.1) is 12.5 Å². The summed E-state index contributed by atoms with van der Waals surface area (Å²) < 4.78 is 9.29. The van der Waals surface area contributed by atoms with Crippen molar-refractivity contribution in [2.45, 2.75) is 70.6 Å². The van der Waals surface area contributed by atoms with Crippen LogP contribution in [-0.2, 0) is 19.1 Å². The molecule has 0 N–H and O–H groups in total. The van der Waals surface area contributed by atoms with E-state index in [0.29, 0.717) is 12.8 Å². The molecule has 0 aromatic heterocycles. The Morgan fingerprint density at radius 3 is 1.19 bits per heavy atom. The first-order valence-corrected chi connectivity index (χ1v) is 7.81. The number of unbranched alkanes of at least 4 members (excludes halogenated alkanes) is 8. The Kier molecular flexibility index (Phi) is 13.7. The minimum absolute atomic E-state index is 0.194. The zero-order valence-electron chi connectivity index (χ0n) is 13.0. The molecular formula is C17H28O4. The Bertz CT molecular complexity index is 280. The maximum absolute atomic E-state index is 11.0. The summed E-state index contributed by atoms with van der Waals surface area (Å²) in [6.45, 7) is 6.69. The van der Waals surface area contributed by atoms with E-state index in [0.717, 1.165) is 38.5 Å². The number of esters is 2. The van der Waals surface area contributed by atoms with E-state index in [-0.39, 0.29) is 11.9 Å². The van der Waals surface area contributed by atoms with Gasteiger partial charge >= 0.3 is 11.9 Å². The molecule has 0 aliphatic heterocycles. The number of ether oxygens (including phenoxy) is 2. The Morgan fingerprint density at radius 2 is 0.905 bits per heavy atom. The molecular weight excluding hydrogens is 268 g/mol. The van der Waals surface area contributed by atoms with Crippen molar-refractivity contribution in [2.24, 2.45) is 0 Å². The lowest BCUT2D eigenvalue weighted by atomic mass is 10.1. The number of rotatable bonds is 14. The fraction of sp³-hybridized carbons (Fsp3) is 0.647. The topological polar surface area (TPSA) is 52.6 Å². The molecule has 0 bridgehead atoms. The molecule has 0 aliphatic rings. The van der Waals surface area contributed by atoms with Crippen LogP contribution in [0.25, 0.3) is 0 Å². The van der Waals surface area contributed by atoms with Crippen LogP contribution in [0, 0.1) is 0 Å². The van der Waals surface area contributed by atoms with E-state index in [2.05, 4.69) is 22.6 Å². The molecule has 0 spiro atoms. The lowest BCUT2D eigenvalue weighted by Gasteiger charge is -2.02. The summed E-state index contributed by atoms with van der Waals surface area (Å²) in [6.07, 6.45) is 13.2. The zero-order chi connectivity index (χ0) is 15.8. The molecule has 0 saturated carbocycles. The van der Waals surface area contributed by atoms with Gasteiger partial charge < -0.3 is 9.47 Å². The van der Waals surface area contributed by atoms with Gasteiger partial charge in [-0.1, -0.05) is 58.1 Å². The van der Waals surface area contributed by atoms with Gasteiger partial charge in [-0.25, -0.2) is 0 Å². The minimum atomic E-state index is -0.194. The van der Waals surface area contributed by atoms with E-state index in [1.165, 1.54) is 31.8 Å². The Balaban J connectivity index is 3.15. The van der Waals surface area contributed by atoms with Gasteiger partial charge in [-0.3, -0.25) is 9.59 Å². The van der Waals surface area contributed by atoms with E-state index in [9.17, 15) is 9.59 Å². The highest BCUT2D eigenvalue weighted by Crippen LogP contribution is 2.11. The van der Waals surface area contributed by atoms with Gasteiger partial charge in [0.25, 0.3) is 0 Å². The highest BCUT2D eigenvalue weighted by Gasteiger charge is 2.01. The molecule has 21 heavy (non-hydrogen) atoms. The van der Waals surface area contributed by atoms with E-state index < -0.39 is 0 Å². The summed E-state index contributed by atoms with van der Waals surface area (Å²) in [5.74, 6) is -0.389. The van der Waals surface area contributed by atoms with Crippen molar-refractivity contribution in [3.05, 3.63) is 25.7 Å². The highest BCUT2D eigenvalue weighted by molar-refractivity contribution is 5.70. The predicted molar refractivity (Wildman–Crippen MR) is 83.4 cm³/mol. The van der Waals surface area contributed by atoms with Gasteiger partial charge in [0.1, 0.15) is 0 Å². The van der Waals surface area contributed by atoms with Crippen LogP contribution in [-0.4, -0.2) is 11.9 Å². The summed E-state index contributed by atoms with van der Waals surface area (Å²) in [5, 5.41) is 0. The minimum Gasteiger partial charge on any atom is -0.435 e. The third-order valence-electron chi connectivity index (χ3n) is 3.19. The molecule has 0 atom stereocenters. The first-order chi connectivity index (χ1) is 10.2. The Hall–Kier alpha value is -1.58. The van der Waals surface area contributed by atoms with Gasteiger partial charge in [-0.05, 0) is 12.8 Å². The molecule has 0 unspecified atom stereocenters. The maximum Gasteiger partial charge on any atom is 0.310 e. The molecule has 4 heteroatoms.